The van der Waals surface area contributed by atoms with Crippen LogP contribution < -0.4 is 10.6 Å². The number of carbonyl (C=O) groups is 2. The van der Waals surface area contributed by atoms with Crippen molar-refractivity contribution in [3.8, 4) is 0 Å². The molecule has 7 heteroatoms. The molecule has 2 N–H and O–H groups in total. The fourth-order valence-electron chi connectivity index (χ4n) is 3.11. The van der Waals surface area contributed by atoms with E-state index in [0.29, 0.717) is 11.5 Å². The molecule has 1 aromatic carbocycles. The Morgan fingerprint density at radius 3 is 2.60 bits per heavy atom. The van der Waals surface area contributed by atoms with Crippen LogP contribution in [0.3, 0.4) is 0 Å². The minimum atomic E-state index is -0.133. The summed E-state index contributed by atoms with van der Waals surface area (Å²) in [5, 5.41) is 6.13. The van der Waals surface area contributed by atoms with Gasteiger partial charge in [0.15, 0.2) is 0 Å². The molecule has 2 aliphatic heterocycles. The van der Waals surface area contributed by atoms with Crippen LogP contribution in [0.15, 0.2) is 18.2 Å². The Bertz CT molecular complexity index is 627. The normalized spacial score (nSPS) is 20.9. The van der Waals surface area contributed by atoms with Gasteiger partial charge in [0, 0.05) is 36.0 Å². The summed E-state index contributed by atoms with van der Waals surface area (Å²) in [5.41, 5.74) is 2.40. The van der Waals surface area contributed by atoms with Crippen molar-refractivity contribution >= 4 is 41.7 Å². The Morgan fingerprint density at radius 1 is 1.28 bits per heavy atom. The van der Waals surface area contributed by atoms with Gasteiger partial charge >= 0.3 is 0 Å². The van der Waals surface area contributed by atoms with Crippen molar-refractivity contribution in [1.29, 1.82) is 0 Å². The number of nitrogens with one attached hydrogen (secondary N) is 2. The van der Waals surface area contributed by atoms with E-state index in [1.54, 1.807) is 11.8 Å². The number of anilines is 1. The predicted octanol–water partition coefficient (Wildman–Crippen LogP) is 2.89. The maximum absolute atomic E-state index is 12.6. The molecule has 0 radical (unpaired) electrons. The van der Waals surface area contributed by atoms with E-state index in [2.05, 4.69) is 17.6 Å². The molecular weight excluding hydrogens is 358 g/mol. The van der Waals surface area contributed by atoms with Gasteiger partial charge in [0.25, 0.3) is 5.91 Å². The zero-order chi connectivity index (χ0) is 17.1. The molecule has 1 aromatic rings. The van der Waals surface area contributed by atoms with Gasteiger partial charge in [-0.3, -0.25) is 14.9 Å². The topological polar surface area (TPSA) is 61.4 Å². The molecule has 1 atom stereocenters. The lowest BCUT2D eigenvalue weighted by molar-refractivity contribution is -0.117. The first-order valence-electron chi connectivity index (χ1n) is 8.56. The molecule has 0 spiro atoms. The molecule has 0 unspecified atom stereocenters. The number of carbonyl (C=O) groups excluding carboxylic acids is 2. The van der Waals surface area contributed by atoms with Crippen LogP contribution >= 0.6 is 24.2 Å². The molecule has 2 fully saturated rings. The smallest absolute Gasteiger partial charge is 0.253 e. The van der Waals surface area contributed by atoms with E-state index in [1.165, 1.54) is 0 Å². The number of piperidine rings is 1. The second kappa shape index (κ2) is 8.92. The summed E-state index contributed by atoms with van der Waals surface area (Å²) in [7, 11) is 0. The van der Waals surface area contributed by atoms with Crippen LogP contribution in [0.1, 0.15) is 35.7 Å². The standard InChI is InChI=1S/C18H25N3O2S.ClH/c1-12-5-7-21(8-6-12)18(23)14-3-4-15(13(2)9-14)20-17(22)16-10-24-11-19-16;/h3-4,9,12,16,19H,5-8,10-11H2,1-2H3,(H,20,22);1H/t16-;/m1./s1. The number of hydrogen-bond donors (Lipinski definition) is 2. The molecule has 2 aliphatic rings. The number of likely N-dealkylation sites (tertiary alicyclic amines) is 1. The fraction of sp³-hybridized carbons (Fsp3) is 0.556. The van der Waals surface area contributed by atoms with Gasteiger partial charge in [-0.05, 0) is 49.4 Å². The highest BCUT2D eigenvalue weighted by Gasteiger charge is 2.24. The average molecular weight is 384 g/mol. The van der Waals surface area contributed by atoms with Crippen LogP contribution in [0.25, 0.3) is 0 Å². The molecule has 0 bridgehead atoms. The number of rotatable bonds is 3. The third-order valence-corrected chi connectivity index (χ3v) is 5.77. The number of hydrogen-bond acceptors (Lipinski definition) is 4. The zero-order valence-corrected chi connectivity index (χ0v) is 16.3. The summed E-state index contributed by atoms with van der Waals surface area (Å²) < 4.78 is 0. The molecular formula is C18H26ClN3O2S. The molecule has 2 amide bonds. The number of nitrogens with zero attached hydrogens (tertiary/aromatic N) is 1. The van der Waals surface area contributed by atoms with Gasteiger partial charge in [-0.1, -0.05) is 6.92 Å². The first-order valence-corrected chi connectivity index (χ1v) is 9.72. The van der Waals surface area contributed by atoms with Crippen molar-refractivity contribution < 1.29 is 9.59 Å². The average Bonchev–Trinajstić information content (AvgIpc) is 3.11. The second-order valence-corrected chi connectivity index (χ2v) is 7.80. The molecule has 2 saturated heterocycles. The van der Waals surface area contributed by atoms with Gasteiger partial charge < -0.3 is 10.2 Å². The summed E-state index contributed by atoms with van der Waals surface area (Å²) in [6, 6.07) is 5.41. The molecule has 0 aliphatic carbocycles. The fourth-order valence-corrected chi connectivity index (χ4v) is 4.06. The van der Waals surface area contributed by atoms with E-state index >= 15 is 0 Å². The lowest BCUT2D eigenvalue weighted by Crippen LogP contribution is -2.38. The van der Waals surface area contributed by atoms with Crippen LogP contribution in [0.2, 0.25) is 0 Å². The van der Waals surface area contributed by atoms with Crippen molar-refractivity contribution in [2.75, 3.05) is 30.0 Å². The van der Waals surface area contributed by atoms with E-state index in [0.717, 1.165) is 48.8 Å². The first kappa shape index (κ1) is 20.1. The Hall–Kier alpha value is -1.24. The van der Waals surface area contributed by atoms with Crippen LogP contribution in [0, 0.1) is 12.8 Å². The summed E-state index contributed by atoms with van der Waals surface area (Å²) in [6.45, 7) is 5.84. The molecule has 3 rings (SSSR count). The monoisotopic (exact) mass is 383 g/mol. The van der Waals surface area contributed by atoms with E-state index in [9.17, 15) is 9.59 Å². The Balaban J connectivity index is 0.00000225. The van der Waals surface area contributed by atoms with Crippen LogP contribution in [-0.2, 0) is 4.79 Å². The maximum Gasteiger partial charge on any atom is 0.253 e. The largest absolute Gasteiger partial charge is 0.339 e. The van der Waals surface area contributed by atoms with Gasteiger partial charge in [-0.2, -0.15) is 0 Å². The molecule has 0 saturated carbocycles. The van der Waals surface area contributed by atoms with E-state index < -0.39 is 0 Å². The lowest BCUT2D eigenvalue weighted by Gasteiger charge is -2.30. The minimum absolute atomic E-state index is 0. The molecule has 0 aromatic heterocycles. The SMILES string of the molecule is Cc1cc(C(=O)N2CCC(C)CC2)ccc1NC(=O)[C@H]1CSCN1.Cl. The van der Waals surface area contributed by atoms with Crippen molar-refractivity contribution in [2.24, 2.45) is 5.92 Å². The summed E-state index contributed by atoms with van der Waals surface area (Å²) in [4.78, 5) is 26.8. The highest BCUT2D eigenvalue weighted by atomic mass is 35.5. The minimum Gasteiger partial charge on any atom is -0.339 e. The summed E-state index contributed by atoms with van der Waals surface area (Å²) in [6.07, 6.45) is 2.15. The van der Waals surface area contributed by atoms with Crippen LogP contribution in [0.4, 0.5) is 5.69 Å². The zero-order valence-electron chi connectivity index (χ0n) is 14.7. The number of aryl methyl sites for hydroxylation is 1. The quantitative estimate of drug-likeness (QED) is 0.842. The summed E-state index contributed by atoms with van der Waals surface area (Å²) >= 11 is 1.73. The number of thioether (sulfide) groups is 1. The molecule has 5 nitrogen and oxygen atoms in total. The van der Waals surface area contributed by atoms with Gasteiger partial charge in [0.2, 0.25) is 5.91 Å². The van der Waals surface area contributed by atoms with Crippen molar-refractivity contribution in [1.82, 2.24) is 10.2 Å². The highest BCUT2D eigenvalue weighted by Crippen LogP contribution is 2.22. The Kier molecular flexibility index (Phi) is 7.16. The Morgan fingerprint density at radius 2 is 2.00 bits per heavy atom. The summed E-state index contributed by atoms with van der Waals surface area (Å²) in [5.74, 6) is 2.41. The number of halogens is 1. The molecule has 25 heavy (non-hydrogen) atoms. The van der Waals surface area contributed by atoms with Crippen LogP contribution in [0.5, 0.6) is 0 Å². The van der Waals surface area contributed by atoms with E-state index in [4.69, 9.17) is 0 Å². The van der Waals surface area contributed by atoms with Gasteiger partial charge in [-0.25, -0.2) is 0 Å². The molecule has 138 valence electrons. The van der Waals surface area contributed by atoms with Gasteiger partial charge in [-0.15, -0.1) is 24.2 Å². The highest BCUT2D eigenvalue weighted by molar-refractivity contribution is 7.99. The third-order valence-electron chi connectivity index (χ3n) is 4.83. The van der Waals surface area contributed by atoms with Gasteiger partial charge in [0.1, 0.15) is 0 Å². The maximum atomic E-state index is 12.6. The molecule has 2 heterocycles. The second-order valence-electron chi connectivity index (χ2n) is 6.77. The first-order chi connectivity index (χ1) is 11.5. The van der Waals surface area contributed by atoms with E-state index in [1.807, 2.05) is 30.0 Å². The third kappa shape index (κ3) is 4.90. The number of amides is 2. The van der Waals surface area contributed by atoms with E-state index in [-0.39, 0.29) is 30.3 Å². The lowest BCUT2D eigenvalue weighted by atomic mass is 9.98. The number of benzene rings is 1. The van der Waals surface area contributed by atoms with Crippen LogP contribution in [-0.4, -0.2) is 47.5 Å². The van der Waals surface area contributed by atoms with Crippen molar-refractivity contribution in [3.63, 3.8) is 0 Å². The van der Waals surface area contributed by atoms with Crippen molar-refractivity contribution in [2.45, 2.75) is 32.7 Å². The van der Waals surface area contributed by atoms with Gasteiger partial charge in [0.05, 0.1) is 6.04 Å². The Labute approximate surface area is 159 Å². The van der Waals surface area contributed by atoms with Crippen molar-refractivity contribution in [3.05, 3.63) is 29.3 Å². The predicted molar refractivity (Wildman–Crippen MR) is 106 cm³/mol.